The second-order valence-corrected chi connectivity index (χ2v) is 3.32. The third-order valence-electron chi connectivity index (χ3n) is 2.00. The van der Waals surface area contributed by atoms with Crippen LogP contribution in [-0.2, 0) is 4.74 Å². The Morgan fingerprint density at radius 1 is 1.38 bits per heavy atom. The van der Waals surface area contributed by atoms with Gasteiger partial charge in [-0.3, -0.25) is 0 Å². The van der Waals surface area contributed by atoms with Gasteiger partial charge in [0.2, 0.25) is 5.88 Å². The van der Waals surface area contributed by atoms with Crippen LogP contribution in [0.1, 0.15) is 24.6 Å². The van der Waals surface area contributed by atoms with Crippen LogP contribution in [0.5, 0.6) is 5.88 Å². The number of aryl methyl sites for hydroxylation is 1. The number of aromatic nitrogens is 1. The molecular weight excluding hydrogens is 204 g/mol. The van der Waals surface area contributed by atoms with Gasteiger partial charge in [-0.15, -0.1) is 0 Å². The van der Waals surface area contributed by atoms with Gasteiger partial charge in [0, 0.05) is 25.3 Å². The molecule has 0 aliphatic rings. The van der Waals surface area contributed by atoms with Crippen LogP contribution in [0.2, 0.25) is 0 Å². The molecule has 0 atom stereocenters. The number of rotatable bonds is 6. The van der Waals surface area contributed by atoms with Crippen molar-refractivity contribution >= 4 is 0 Å². The fraction of sp³-hybridized carbons (Fsp3) is 0.500. The summed E-state index contributed by atoms with van der Waals surface area (Å²) in [7, 11) is 0. The van der Waals surface area contributed by atoms with Gasteiger partial charge in [0.25, 0.3) is 0 Å². The summed E-state index contributed by atoms with van der Waals surface area (Å²) in [5, 5.41) is 8.86. The number of hydrogen-bond donors (Lipinski definition) is 0. The van der Waals surface area contributed by atoms with E-state index in [0.29, 0.717) is 31.3 Å². The molecule has 0 aliphatic carbocycles. The van der Waals surface area contributed by atoms with E-state index in [0.717, 1.165) is 12.1 Å². The zero-order valence-corrected chi connectivity index (χ0v) is 9.69. The van der Waals surface area contributed by atoms with Crippen molar-refractivity contribution < 1.29 is 9.47 Å². The average Bonchev–Trinajstić information content (AvgIpc) is 2.29. The summed E-state index contributed by atoms with van der Waals surface area (Å²) in [6, 6.07) is 5.58. The largest absolute Gasteiger partial charge is 0.477 e. The van der Waals surface area contributed by atoms with Crippen molar-refractivity contribution in [3.05, 3.63) is 23.4 Å². The van der Waals surface area contributed by atoms with Crippen molar-refractivity contribution in [3.63, 3.8) is 0 Å². The van der Waals surface area contributed by atoms with E-state index in [1.165, 1.54) is 0 Å². The van der Waals surface area contributed by atoms with Crippen molar-refractivity contribution in [1.82, 2.24) is 4.98 Å². The Kier molecular flexibility index (Phi) is 5.30. The molecule has 1 heterocycles. The Labute approximate surface area is 95.8 Å². The van der Waals surface area contributed by atoms with Gasteiger partial charge in [0.15, 0.2) is 0 Å². The zero-order valence-electron chi connectivity index (χ0n) is 9.69. The Morgan fingerprint density at radius 2 is 2.19 bits per heavy atom. The van der Waals surface area contributed by atoms with Crippen LogP contribution >= 0.6 is 0 Å². The quantitative estimate of drug-likeness (QED) is 0.689. The van der Waals surface area contributed by atoms with E-state index >= 15 is 0 Å². The summed E-state index contributed by atoms with van der Waals surface area (Å²) >= 11 is 0. The first-order valence-electron chi connectivity index (χ1n) is 5.36. The van der Waals surface area contributed by atoms with E-state index in [1.54, 1.807) is 12.1 Å². The fourth-order valence-electron chi connectivity index (χ4n) is 1.20. The molecule has 1 rings (SSSR count). The number of nitrogens with zero attached hydrogens (tertiary/aromatic N) is 2. The standard InChI is InChI=1S/C12H16N2O2/c1-3-15-7-4-8-16-12-11(9-13)6-5-10(2)14-12/h5-6H,3-4,7-8H2,1-2H3. The second-order valence-electron chi connectivity index (χ2n) is 3.32. The highest BCUT2D eigenvalue weighted by Crippen LogP contribution is 2.14. The summed E-state index contributed by atoms with van der Waals surface area (Å²) in [5.41, 5.74) is 1.32. The average molecular weight is 220 g/mol. The molecule has 16 heavy (non-hydrogen) atoms. The number of ether oxygens (including phenoxy) is 2. The van der Waals surface area contributed by atoms with Gasteiger partial charge in [-0.1, -0.05) is 0 Å². The molecule has 1 aromatic heterocycles. The lowest BCUT2D eigenvalue weighted by Gasteiger charge is -2.07. The molecule has 0 bridgehead atoms. The van der Waals surface area contributed by atoms with Gasteiger partial charge < -0.3 is 9.47 Å². The third kappa shape index (κ3) is 3.87. The third-order valence-corrected chi connectivity index (χ3v) is 2.00. The summed E-state index contributed by atoms with van der Waals surface area (Å²) in [5.74, 6) is 0.416. The van der Waals surface area contributed by atoms with Crippen molar-refractivity contribution in [2.75, 3.05) is 19.8 Å². The van der Waals surface area contributed by atoms with Gasteiger partial charge >= 0.3 is 0 Å². The van der Waals surface area contributed by atoms with Crippen molar-refractivity contribution in [2.45, 2.75) is 20.3 Å². The first kappa shape index (κ1) is 12.5. The molecule has 1 aromatic rings. The molecule has 0 radical (unpaired) electrons. The highest BCUT2D eigenvalue weighted by molar-refractivity contribution is 5.38. The monoisotopic (exact) mass is 220 g/mol. The number of hydrogen-bond acceptors (Lipinski definition) is 4. The predicted octanol–water partition coefficient (Wildman–Crippen LogP) is 2.07. The highest BCUT2D eigenvalue weighted by atomic mass is 16.5. The van der Waals surface area contributed by atoms with Crippen LogP contribution in [0, 0.1) is 18.3 Å². The van der Waals surface area contributed by atoms with Crippen LogP contribution in [0.3, 0.4) is 0 Å². The maximum Gasteiger partial charge on any atom is 0.231 e. The Balaban J connectivity index is 2.46. The summed E-state index contributed by atoms with van der Waals surface area (Å²) in [6.07, 6.45) is 0.800. The van der Waals surface area contributed by atoms with Gasteiger partial charge in [-0.2, -0.15) is 5.26 Å². The van der Waals surface area contributed by atoms with E-state index in [-0.39, 0.29) is 0 Å². The molecular formula is C12H16N2O2. The van der Waals surface area contributed by atoms with E-state index in [2.05, 4.69) is 11.1 Å². The maximum atomic E-state index is 8.86. The van der Waals surface area contributed by atoms with E-state index in [4.69, 9.17) is 14.7 Å². The maximum absolute atomic E-state index is 8.86. The molecule has 0 unspecified atom stereocenters. The molecule has 86 valence electrons. The lowest BCUT2D eigenvalue weighted by molar-refractivity contribution is 0.130. The van der Waals surface area contributed by atoms with Crippen molar-refractivity contribution in [1.29, 1.82) is 5.26 Å². The summed E-state index contributed by atoms with van der Waals surface area (Å²) in [6.45, 7) is 5.73. The van der Waals surface area contributed by atoms with Crippen LogP contribution < -0.4 is 4.74 Å². The van der Waals surface area contributed by atoms with Crippen LogP contribution in [-0.4, -0.2) is 24.8 Å². The minimum absolute atomic E-state index is 0.416. The Hall–Kier alpha value is -1.60. The van der Waals surface area contributed by atoms with Gasteiger partial charge in [0.05, 0.1) is 6.61 Å². The van der Waals surface area contributed by atoms with Gasteiger partial charge in [-0.05, 0) is 26.0 Å². The SMILES string of the molecule is CCOCCCOc1nc(C)ccc1C#N. The summed E-state index contributed by atoms with van der Waals surface area (Å²) < 4.78 is 10.6. The van der Waals surface area contributed by atoms with Crippen molar-refractivity contribution in [2.24, 2.45) is 0 Å². The molecule has 0 amide bonds. The molecule has 4 heteroatoms. The van der Waals surface area contributed by atoms with Crippen LogP contribution in [0.4, 0.5) is 0 Å². The van der Waals surface area contributed by atoms with Crippen LogP contribution in [0.15, 0.2) is 12.1 Å². The lowest BCUT2D eigenvalue weighted by Crippen LogP contribution is -2.05. The van der Waals surface area contributed by atoms with Gasteiger partial charge in [-0.25, -0.2) is 4.98 Å². The fourth-order valence-corrected chi connectivity index (χ4v) is 1.20. The Morgan fingerprint density at radius 3 is 2.88 bits per heavy atom. The molecule has 4 nitrogen and oxygen atoms in total. The zero-order chi connectivity index (χ0) is 11.8. The van der Waals surface area contributed by atoms with E-state index in [9.17, 15) is 0 Å². The predicted molar refractivity (Wildman–Crippen MR) is 60.3 cm³/mol. The first-order chi connectivity index (χ1) is 7.77. The van der Waals surface area contributed by atoms with Gasteiger partial charge in [0.1, 0.15) is 11.6 Å². The Bertz CT molecular complexity index is 372. The molecule has 0 saturated carbocycles. The van der Waals surface area contributed by atoms with E-state index in [1.807, 2.05) is 13.8 Å². The molecule has 0 saturated heterocycles. The number of pyridine rings is 1. The topological polar surface area (TPSA) is 55.1 Å². The smallest absolute Gasteiger partial charge is 0.231 e. The highest BCUT2D eigenvalue weighted by Gasteiger charge is 2.04. The normalized spacial score (nSPS) is 9.81. The second kappa shape index (κ2) is 6.81. The summed E-state index contributed by atoms with van der Waals surface area (Å²) in [4.78, 5) is 4.18. The first-order valence-corrected chi connectivity index (χ1v) is 5.36. The molecule has 0 fully saturated rings. The molecule has 0 N–H and O–H groups in total. The lowest BCUT2D eigenvalue weighted by atomic mass is 10.2. The molecule has 0 aliphatic heterocycles. The molecule has 0 aromatic carbocycles. The van der Waals surface area contributed by atoms with Crippen LogP contribution in [0.25, 0.3) is 0 Å². The molecule has 0 spiro atoms. The number of nitriles is 1. The minimum Gasteiger partial charge on any atom is -0.477 e. The van der Waals surface area contributed by atoms with Crippen molar-refractivity contribution in [3.8, 4) is 11.9 Å². The van der Waals surface area contributed by atoms with E-state index < -0.39 is 0 Å². The minimum atomic E-state index is 0.416.